The lowest BCUT2D eigenvalue weighted by atomic mass is 10.0. The molecule has 4 nitrogen and oxygen atoms in total. The molecule has 0 saturated carbocycles. The molecule has 0 saturated heterocycles. The number of thioether (sulfide) groups is 1. The number of hydrogen-bond donors (Lipinski definition) is 2. The van der Waals surface area contributed by atoms with Crippen LogP contribution in [0.5, 0.6) is 11.5 Å². The fourth-order valence-corrected chi connectivity index (χ4v) is 4.26. The molecule has 0 spiro atoms. The molecule has 2 N–H and O–H groups in total. The number of aromatic nitrogens is 1. The molecular weight excluding hydrogens is 380 g/mol. The van der Waals surface area contributed by atoms with E-state index >= 15 is 0 Å². The lowest BCUT2D eigenvalue weighted by Gasteiger charge is -2.24. The van der Waals surface area contributed by atoms with Crippen LogP contribution in [0, 0.1) is 20.8 Å². The van der Waals surface area contributed by atoms with E-state index in [1.807, 2.05) is 69.5 Å². The van der Waals surface area contributed by atoms with Crippen LogP contribution in [0.15, 0.2) is 53.6 Å². The predicted molar refractivity (Wildman–Crippen MR) is 119 cm³/mol. The zero-order chi connectivity index (χ0) is 21.0. The Morgan fingerprint density at radius 2 is 1.52 bits per heavy atom. The second-order valence-corrected chi connectivity index (χ2v) is 8.38. The van der Waals surface area contributed by atoms with Crippen molar-refractivity contribution in [2.24, 2.45) is 0 Å². The number of pyridine rings is 1. The lowest BCUT2D eigenvalue weighted by molar-refractivity contribution is 0.237. The van der Waals surface area contributed by atoms with Crippen LogP contribution >= 0.6 is 11.8 Å². The van der Waals surface area contributed by atoms with E-state index in [0.717, 1.165) is 38.4 Å². The van der Waals surface area contributed by atoms with Gasteiger partial charge in [0.05, 0.1) is 5.69 Å². The molecule has 0 aliphatic carbocycles. The summed E-state index contributed by atoms with van der Waals surface area (Å²) < 4.78 is 0. The van der Waals surface area contributed by atoms with Gasteiger partial charge in [0, 0.05) is 41.9 Å². The number of phenols is 2. The number of aryl methyl sites for hydroxylation is 3. The Morgan fingerprint density at radius 3 is 2.14 bits per heavy atom. The molecule has 0 atom stereocenters. The van der Waals surface area contributed by atoms with Gasteiger partial charge in [-0.15, -0.1) is 11.8 Å². The molecule has 1 aromatic heterocycles. The van der Waals surface area contributed by atoms with E-state index in [0.29, 0.717) is 31.1 Å². The van der Waals surface area contributed by atoms with Crippen LogP contribution in [0.25, 0.3) is 0 Å². The van der Waals surface area contributed by atoms with Crippen molar-refractivity contribution in [1.29, 1.82) is 0 Å². The highest BCUT2D eigenvalue weighted by molar-refractivity contribution is 7.98. The summed E-state index contributed by atoms with van der Waals surface area (Å²) in [6.07, 6.45) is 3.76. The number of hydrogen-bond acceptors (Lipinski definition) is 5. The lowest BCUT2D eigenvalue weighted by Crippen LogP contribution is -2.23. The predicted octanol–water partition coefficient (Wildman–Crippen LogP) is 5.34. The van der Waals surface area contributed by atoms with Gasteiger partial charge in [-0.25, -0.2) is 0 Å². The molecule has 5 heteroatoms. The van der Waals surface area contributed by atoms with E-state index in [-0.39, 0.29) is 0 Å². The van der Waals surface area contributed by atoms with E-state index in [1.54, 1.807) is 18.0 Å². The molecule has 0 unspecified atom stereocenters. The summed E-state index contributed by atoms with van der Waals surface area (Å²) in [6.45, 7) is 7.75. The molecular formula is C24H28N2O2S. The Hall–Kier alpha value is -2.50. The van der Waals surface area contributed by atoms with Gasteiger partial charge >= 0.3 is 0 Å². The van der Waals surface area contributed by atoms with Gasteiger partial charge in [0.15, 0.2) is 0 Å². The number of nitrogens with zero attached hydrogens (tertiary/aromatic N) is 2. The third-order valence-corrected chi connectivity index (χ3v) is 5.69. The molecule has 0 bridgehead atoms. The highest BCUT2D eigenvalue weighted by Gasteiger charge is 2.16. The summed E-state index contributed by atoms with van der Waals surface area (Å²) in [5.74, 6) is 0.665. The van der Waals surface area contributed by atoms with E-state index in [2.05, 4.69) is 9.88 Å². The Morgan fingerprint density at radius 1 is 0.862 bits per heavy atom. The second kappa shape index (κ2) is 9.33. The molecule has 0 aliphatic rings. The van der Waals surface area contributed by atoms with Crippen LogP contribution in [-0.2, 0) is 19.6 Å². The smallest absolute Gasteiger partial charge is 0.133 e. The van der Waals surface area contributed by atoms with Gasteiger partial charge in [-0.3, -0.25) is 9.88 Å². The highest BCUT2D eigenvalue weighted by atomic mass is 32.2. The zero-order valence-electron chi connectivity index (χ0n) is 17.4. The van der Waals surface area contributed by atoms with Crippen molar-refractivity contribution < 1.29 is 10.2 Å². The monoisotopic (exact) mass is 408 g/mol. The molecule has 0 fully saturated rings. The molecule has 3 aromatic rings. The first-order valence-electron chi connectivity index (χ1n) is 9.65. The maximum absolute atomic E-state index is 10.7. The van der Waals surface area contributed by atoms with Crippen molar-refractivity contribution in [1.82, 2.24) is 9.88 Å². The molecule has 1 heterocycles. The second-order valence-electron chi connectivity index (χ2n) is 7.53. The largest absolute Gasteiger partial charge is 0.507 e. The van der Waals surface area contributed by atoms with Gasteiger partial charge in [-0.05, 0) is 56.4 Å². The van der Waals surface area contributed by atoms with E-state index in [4.69, 9.17) is 0 Å². The molecule has 0 aliphatic heterocycles. The minimum absolute atomic E-state index is 0.332. The molecule has 3 rings (SSSR count). The maximum atomic E-state index is 10.7. The Labute approximate surface area is 177 Å². The van der Waals surface area contributed by atoms with Gasteiger partial charge in [0.25, 0.3) is 0 Å². The zero-order valence-corrected chi connectivity index (χ0v) is 18.3. The Kier molecular flexibility index (Phi) is 6.83. The average molecular weight is 409 g/mol. The summed E-state index contributed by atoms with van der Waals surface area (Å²) in [4.78, 5) is 7.55. The van der Waals surface area contributed by atoms with E-state index < -0.39 is 0 Å². The van der Waals surface area contributed by atoms with Crippen LogP contribution in [0.3, 0.4) is 0 Å². The van der Waals surface area contributed by atoms with Gasteiger partial charge in [-0.2, -0.15) is 0 Å². The van der Waals surface area contributed by atoms with Crippen molar-refractivity contribution in [3.63, 3.8) is 0 Å². The minimum Gasteiger partial charge on any atom is -0.507 e. The number of rotatable bonds is 7. The fourth-order valence-electron chi connectivity index (χ4n) is 3.63. The third-order valence-electron chi connectivity index (χ3n) is 4.94. The minimum atomic E-state index is 0.332. The topological polar surface area (TPSA) is 56.6 Å². The summed E-state index contributed by atoms with van der Waals surface area (Å²) >= 11 is 1.54. The van der Waals surface area contributed by atoms with Gasteiger partial charge in [0.2, 0.25) is 0 Å². The molecule has 0 amide bonds. The van der Waals surface area contributed by atoms with Crippen LogP contribution in [0.4, 0.5) is 0 Å². The number of phenolic OH excluding ortho intramolecular Hbond substituents is 2. The fraction of sp³-hybridized carbons (Fsp3) is 0.292. The first-order chi connectivity index (χ1) is 13.9. The molecule has 29 heavy (non-hydrogen) atoms. The van der Waals surface area contributed by atoms with E-state index in [9.17, 15) is 10.2 Å². The highest BCUT2D eigenvalue weighted by Crippen LogP contribution is 2.33. The first kappa shape index (κ1) is 21.2. The summed E-state index contributed by atoms with van der Waals surface area (Å²) in [7, 11) is 0. The quantitative estimate of drug-likeness (QED) is 0.517. The van der Waals surface area contributed by atoms with E-state index in [1.165, 1.54) is 0 Å². The summed E-state index contributed by atoms with van der Waals surface area (Å²) in [6, 6.07) is 13.9. The molecule has 152 valence electrons. The van der Waals surface area contributed by atoms with Crippen molar-refractivity contribution in [3.05, 3.63) is 82.2 Å². The molecule has 0 radical (unpaired) electrons. The van der Waals surface area contributed by atoms with Crippen molar-refractivity contribution in [3.8, 4) is 11.5 Å². The van der Waals surface area contributed by atoms with Crippen molar-refractivity contribution in [2.45, 2.75) is 45.3 Å². The van der Waals surface area contributed by atoms with Crippen LogP contribution in [-0.4, -0.2) is 26.4 Å². The third kappa shape index (κ3) is 5.31. The van der Waals surface area contributed by atoms with Gasteiger partial charge in [-0.1, -0.05) is 29.8 Å². The average Bonchev–Trinajstić information content (AvgIpc) is 2.69. The summed E-state index contributed by atoms with van der Waals surface area (Å²) in [5, 5.41) is 21.3. The van der Waals surface area contributed by atoms with Gasteiger partial charge < -0.3 is 10.2 Å². The van der Waals surface area contributed by atoms with Crippen LogP contribution < -0.4 is 0 Å². The van der Waals surface area contributed by atoms with Crippen LogP contribution in [0.1, 0.15) is 33.5 Å². The maximum Gasteiger partial charge on any atom is 0.133 e. The SMILES string of the molecule is CSc1cc(C)cc(CN(Cc2ccccn2)Cc2cc(C)cc(C)c2O)c1O. The standard InChI is InChI=1S/C24H28N2O2S/c1-16-9-18(3)23(27)19(10-16)13-26(15-21-7-5-6-8-25-21)14-20-11-17(2)12-22(29-4)24(20)28/h5-12,27-28H,13-15H2,1-4H3. The van der Waals surface area contributed by atoms with Crippen molar-refractivity contribution in [2.75, 3.05) is 6.26 Å². The normalized spacial score (nSPS) is 11.2. The number of benzene rings is 2. The Bertz CT molecular complexity index is 990. The molecule has 2 aromatic carbocycles. The first-order valence-corrected chi connectivity index (χ1v) is 10.9. The summed E-state index contributed by atoms with van der Waals surface area (Å²) in [5.41, 5.74) is 5.84. The van der Waals surface area contributed by atoms with Gasteiger partial charge in [0.1, 0.15) is 11.5 Å². The Balaban J connectivity index is 1.95. The van der Waals surface area contributed by atoms with Crippen molar-refractivity contribution >= 4 is 11.8 Å². The number of aromatic hydroxyl groups is 2. The van der Waals surface area contributed by atoms with Crippen LogP contribution in [0.2, 0.25) is 0 Å².